The van der Waals surface area contributed by atoms with Crippen LogP contribution in [-0.2, 0) is 13.5 Å². The first kappa shape index (κ1) is 15.9. The summed E-state index contributed by atoms with van der Waals surface area (Å²) in [6, 6.07) is 16.2. The summed E-state index contributed by atoms with van der Waals surface area (Å²) >= 11 is 0. The fraction of sp³-hybridized carbons (Fsp3) is 0.250. The minimum Gasteiger partial charge on any atom is -0.287 e. The first-order chi connectivity index (χ1) is 13.1. The molecule has 2 heterocycles. The van der Waals surface area contributed by atoms with Gasteiger partial charge in [-0.2, -0.15) is 0 Å². The van der Waals surface area contributed by atoms with Crippen LogP contribution in [0.25, 0.3) is 0 Å². The molecule has 136 valence electrons. The van der Waals surface area contributed by atoms with Crippen LogP contribution in [0.4, 0.5) is 10.5 Å². The number of rotatable bonds is 1. The molecule has 0 N–H and O–H groups in total. The Balaban J connectivity index is 1.84. The molecule has 1 aliphatic carbocycles. The van der Waals surface area contributed by atoms with E-state index in [2.05, 4.69) is 0 Å². The summed E-state index contributed by atoms with van der Waals surface area (Å²) in [6.45, 7) is 0. The van der Waals surface area contributed by atoms with E-state index in [9.17, 15) is 14.4 Å². The predicted molar refractivity (Wildman–Crippen MR) is 100 cm³/mol. The van der Waals surface area contributed by atoms with Crippen LogP contribution in [-0.4, -0.2) is 26.0 Å². The number of aryl methyl sites for hydroxylation is 1. The molecule has 0 unspecified atom stereocenters. The van der Waals surface area contributed by atoms with Gasteiger partial charge in [0.1, 0.15) is 6.04 Å². The van der Waals surface area contributed by atoms with Crippen LogP contribution in [0.3, 0.4) is 0 Å². The molecule has 1 amide bonds. The average Bonchev–Trinajstić information content (AvgIpc) is 2.93. The predicted octanol–water partition coefficient (Wildman–Crippen LogP) is 1.74. The Morgan fingerprint density at radius 1 is 0.889 bits per heavy atom. The smallest absolute Gasteiger partial charge is 0.287 e. The molecule has 2 aromatic carbocycles. The fourth-order valence-electron chi connectivity index (χ4n) is 4.39. The van der Waals surface area contributed by atoms with Crippen LogP contribution in [0.1, 0.15) is 23.6 Å². The highest BCUT2D eigenvalue weighted by Crippen LogP contribution is 2.39. The van der Waals surface area contributed by atoms with E-state index >= 15 is 0 Å². The molecule has 0 radical (unpaired) electrons. The van der Waals surface area contributed by atoms with Gasteiger partial charge in [-0.05, 0) is 36.1 Å². The molecule has 2 aliphatic rings. The third-order valence-corrected chi connectivity index (χ3v) is 5.63. The van der Waals surface area contributed by atoms with Crippen LogP contribution < -0.4 is 16.3 Å². The largest absolute Gasteiger partial charge is 0.355 e. The monoisotopic (exact) mass is 362 g/mol. The van der Waals surface area contributed by atoms with E-state index in [1.807, 2.05) is 54.6 Å². The maximum absolute atomic E-state index is 13.3. The van der Waals surface area contributed by atoms with Gasteiger partial charge < -0.3 is 0 Å². The zero-order valence-electron chi connectivity index (χ0n) is 14.8. The summed E-state index contributed by atoms with van der Waals surface area (Å²) < 4.78 is 3.33. The van der Waals surface area contributed by atoms with Crippen LogP contribution in [0.5, 0.6) is 0 Å². The van der Waals surface area contributed by atoms with Crippen molar-refractivity contribution in [2.45, 2.75) is 24.9 Å². The van der Waals surface area contributed by atoms with Gasteiger partial charge in [0.15, 0.2) is 0 Å². The van der Waals surface area contributed by atoms with Gasteiger partial charge in [-0.1, -0.05) is 42.5 Å². The number of benzene rings is 2. The third-order valence-electron chi connectivity index (χ3n) is 5.63. The third kappa shape index (κ3) is 2.05. The Hall–Kier alpha value is -3.35. The van der Waals surface area contributed by atoms with Crippen LogP contribution in [0, 0.1) is 0 Å². The minimum absolute atomic E-state index is 0.228. The molecule has 7 nitrogen and oxygen atoms in total. The SMILES string of the molecule is Cn1c(=O)n2n(c1=O)[C@H]1c3ccccc3CC[C@H]1N(c1ccccc1)C2=O. The average molecular weight is 362 g/mol. The Labute approximate surface area is 154 Å². The van der Waals surface area contributed by atoms with Crippen molar-refractivity contribution in [2.75, 3.05) is 4.90 Å². The zero-order valence-corrected chi connectivity index (χ0v) is 14.8. The van der Waals surface area contributed by atoms with Crippen LogP contribution >= 0.6 is 0 Å². The highest BCUT2D eigenvalue weighted by Gasteiger charge is 2.46. The first-order valence-electron chi connectivity index (χ1n) is 8.96. The summed E-state index contributed by atoms with van der Waals surface area (Å²) in [5, 5.41) is 0. The van der Waals surface area contributed by atoms with Gasteiger partial charge in [0.2, 0.25) is 0 Å². The van der Waals surface area contributed by atoms with Gasteiger partial charge in [0, 0.05) is 12.7 Å². The Morgan fingerprint density at radius 3 is 2.37 bits per heavy atom. The lowest BCUT2D eigenvalue weighted by atomic mass is 9.82. The van der Waals surface area contributed by atoms with Crippen molar-refractivity contribution in [3.8, 4) is 0 Å². The molecule has 0 bridgehead atoms. The van der Waals surface area contributed by atoms with Gasteiger partial charge >= 0.3 is 17.4 Å². The number of hydrogen-bond acceptors (Lipinski definition) is 3. The second-order valence-corrected chi connectivity index (χ2v) is 7.02. The topological polar surface area (TPSA) is 69.2 Å². The number of nitrogens with zero attached hydrogens (tertiary/aromatic N) is 4. The second kappa shape index (κ2) is 5.57. The van der Waals surface area contributed by atoms with Crippen molar-refractivity contribution in [2.24, 2.45) is 7.05 Å². The number of aromatic nitrogens is 3. The van der Waals surface area contributed by atoms with Crippen molar-refractivity contribution >= 4 is 11.7 Å². The number of fused-ring (bicyclic) bond motifs is 5. The highest BCUT2D eigenvalue weighted by atomic mass is 16.2. The van der Waals surface area contributed by atoms with Gasteiger partial charge in [0.05, 0.1) is 6.04 Å². The Morgan fingerprint density at radius 2 is 1.59 bits per heavy atom. The lowest BCUT2D eigenvalue weighted by Crippen LogP contribution is -2.59. The quantitative estimate of drug-likeness (QED) is 0.662. The maximum Gasteiger partial charge on any atom is 0.355 e. The van der Waals surface area contributed by atoms with Gasteiger partial charge in [0.25, 0.3) is 0 Å². The van der Waals surface area contributed by atoms with E-state index < -0.39 is 23.5 Å². The number of hydrogen-bond donors (Lipinski definition) is 0. The molecule has 0 saturated heterocycles. The molecule has 1 aromatic heterocycles. The van der Waals surface area contributed by atoms with E-state index in [4.69, 9.17) is 0 Å². The van der Waals surface area contributed by atoms with Crippen molar-refractivity contribution < 1.29 is 4.79 Å². The Bertz CT molecular complexity index is 1170. The van der Waals surface area contributed by atoms with Crippen molar-refractivity contribution in [1.29, 1.82) is 0 Å². The van der Waals surface area contributed by atoms with Crippen molar-refractivity contribution in [1.82, 2.24) is 13.9 Å². The van der Waals surface area contributed by atoms with Gasteiger partial charge in [-0.25, -0.2) is 23.6 Å². The number of para-hydroxylation sites is 1. The normalized spacial score (nSPS) is 20.8. The summed E-state index contributed by atoms with van der Waals surface area (Å²) in [5.74, 6) is 0. The van der Waals surface area contributed by atoms with Crippen LogP contribution in [0.15, 0.2) is 64.2 Å². The van der Waals surface area contributed by atoms with Crippen molar-refractivity contribution in [3.63, 3.8) is 0 Å². The van der Waals surface area contributed by atoms with Gasteiger partial charge in [-0.15, -0.1) is 4.68 Å². The molecule has 0 spiro atoms. The maximum atomic E-state index is 13.3. The minimum atomic E-state index is -0.618. The highest BCUT2D eigenvalue weighted by molar-refractivity contribution is 5.94. The van der Waals surface area contributed by atoms with E-state index in [0.29, 0.717) is 0 Å². The van der Waals surface area contributed by atoms with E-state index in [0.717, 1.165) is 38.9 Å². The molecule has 7 heteroatoms. The standard InChI is InChI=1S/C20H18N4O3/c1-21-18(25)23-17-15-10-6-5-7-13(15)11-12-16(17)22(14-8-3-2-4-9-14)20(27)24(23)19(21)26/h2-10,16-17H,11-12H2,1H3/t16-,17+/m1/s1. The molecule has 1 aliphatic heterocycles. The Kier molecular flexibility index (Phi) is 3.28. The molecule has 2 atom stereocenters. The number of anilines is 1. The van der Waals surface area contributed by atoms with E-state index in [-0.39, 0.29) is 6.04 Å². The summed E-state index contributed by atoms with van der Waals surface area (Å²) in [5.41, 5.74) is 1.78. The molecule has 5 rings (SSSR count). The van der Waals surface area contributed by atoms with Crippen LogP contribution in [0.2, 0.25) is 0 Å². The van der Waals surface area contributed by atoms with Gasteiger partial charge in [-0.3, -0.25) is 4.90 Å². The summed E-state index contributed by atoms with van der Waals surface area (Å²) in [4.78, 5) is 40.4. The number of carbonyl (C=O) groups excluding carboxylic acids is 1. The van der Waals surface area contributed by atoms with Crippen molar-refractivity contribution in [3.05, 3.63) is 86.7 Å². The molecule has 27 heavy (non-hydrogen) atoms. The number of carbonyl (C=O) groups is 1. The lowest BCUT2D eigenvalue weighted by Gasteiger charge is -2.44. The molecular weight excluding hydrogens is 344 g/mol. The van der Waals surface area contributed by atoms with E-state index in [1.165, 1.54) is 11.7 Å². The number of amides is 1. The molecular formula is C20H18N4O3. The molecule has 0 saturated carbocycles. The summed E-state index contributed by atoms with van der Waals surface area (Å²) in [6.07, 6.45) is 1.54. The molecule has 3 aromatic rings. The second-order valence-electron chi connectivity index (χ2n) is 7.02. The fourth-order valence-corrected chi connectivity index (χ4v) is 4.39. The first-order valence-corrected chi connectivity index (χ1v) is 8.96. The van der Waals surface area contributed by atoms with E-state index in [1.54, 1.807) is 4.90 Å². The lowest BCUT2D eigenvalue weighted by molar-refractivity contribution is 0.213. The summed E-state index contributed by atoms with van der Waals surface area (Å²) in [7, 11) is 1.41. The zero-order chi connectivity index (χ0) is 18.7. The molecule has 0 fully saturated rings.